The van der Waals surface area contributed by atoms with E-state index in [2.05, 4.69) is 15.0 Å². The highest BCUT2D eigenvalue weighted by Gasteiger charge is 2.40. The number of carbonyl (C=O) groups excluding carboxylic acids is 1. The summed E-state index contributed by atoms with van der Waals surface area (Å²) in [4.78, 5) is 38.1. The molecule has 5 heterocycles. The number of aromatic nitrogens is 5. The van der Waals surface area contributed by atoms with Gasteiger partial charge in [-0.1, -0.05) is 0 Å². The van der Waals surface area contributed by atoms with Gasteiger partial charge < -0.3 is 19.3 Å². The van der Waals surface area contributed by atoms with Crippen molar-refractivity contribution >= 4 is 17.6 Å². The minimum Gasteiger partial charge on any atom is -0.491 e. The van der Waals surface area contributed by atoms with Crippen LogP contribution in [0.4, 0.5) is 19.0 Å². The second kappa shape index (κ2) is 12.5. The van der Waals surface area contributed by atoms with Gasteiger partial charge in [0.25, 0.3) is 0 Å². The lowest BCUT2D eigenvalue weighted by Crippen LogP contribution is -2.59. The summed E-state index contributed by atoms with van der Waals surface area (Å²) in [6.45, 7) is 7.23. The molecule has 0 unspecified atom stereocenters. The molecule has 0 spiro atoms. The number of halogens is 3. The quantitative estimate of drug-likeness (QED) is 0.265. The number of hydrogen-bond acceptors (Lipinski definition) is 8. The minimum atomic E-state index is -4.71. The molecule has 1 fully saturated rings. The van der Waals surface area contributed by atoms with Gasteiger partial charge in [0.15, 0.2) is 11.5 Å². The van der Waals surface area contributed by atoms with E-state index in [-0.39, 0.29) is 60.4 Å². The third-order valence-electron chi connectivity index (χ3n) is 8.79. The molecule has 0 bridgehead atoms. The minimum absolute atomic E-state index is 0.0151. The Kier molecular flexibility index (Phi) is 8.55. The number of aliphatic carboxylic acids is 1. The first-order valence-electron chi connectivity index (χ1n) is 15.4. The van der Waals surface area contributed by atoms with Gasteiger partial charge in [0.1, 0.15) is 17.4 Å². The summed E-state index contributed by atoms with van der Waals surface area (Å²) in [7, 11) is 1.78. The Bertz CT molecular complexity index is 1830. The van der Waals surface area contributed by atoms with Gasteiger partial charge in [-0.25, -0.2) is 9.97 Å². The fraction of sp³-hybridized carbons (Fsp3) is 0.424. The standard InChI is InChI=1S/C33H36F3N7O4/c1-5-43-16-27(32(39-43)33(34,35)36)25-10-21(13-41-7-6-37-20(41)3)11-26-30(46)22(18-47-31(25)26)12-23-8-19(2)9-28(38-23)42-14-24(15-42)40(4)17-29(44)45/h6-11,16,22,24H,5,12-15,17-18H2,1-4H3,(H,44,45)/t22-/m0/s1. The zero-order valence-corrected chi connectivity index (χ0v) is 26.6. The summed E-state index contributed by atoms with van der Waals surface area (Å²) in [6.07, 6.45) is 0.339. The summed E-state index contributed by atoms with van der Waals surface area (Å²) in [5.74, 6) is -0.115. The third kappa shape index (κ3) is 6.59. The number of imidazole rings is 1. The van der Waals surface area contributed by atoms with Crippen molar-refractivity contribution in [1.82, 2.24) is 29.2 Å². The van der Waals surface area contributed by atoms with Crippen LogP contribution in [0, 0.1) is 19.8 Å². The number of ether oxygens (including phenoxy) is 1. The normalized spacial score (nSPS) is 16.7. The molecule has 14 heteroatoms. The van der Waals surface area contributed by atoms with E-state index in [1.54, 1.807) is 43.4 Å². The number of carboxylic acids is 1. The van der Waals surface area contributed by atoms with Crippen LogP contribution in [0.25, 0.3) is 11.1 Å². The summed E-state index contributed by atoms with van der Waals surface area (Å²) >= 11 is 0. The molecule has 1 saturated heterocycles. The van der Waals surface area contributed by atoms with Crippen molar-refractivity contribution in [2.45, 2.75) is 52.5 Å². The molecule has 6 rings (SSSR count). The molecular weight excluding hydrogens is 615 g/mol. The summed E-state index contributed by atoms with van der Waals surface area (Å²) in [6, 6.07) is 7.31. The molecule has 4 aromatic rings. The number of benzene rings is 1. The molecule has 2 aliphatic rings. The number of Topliss-reactive ketones (excluding diaryl/α,β-unsaturated/α-hetero) is 1. The van der Waals surface area contributed by atoms with E-state index in [1.807, 2.05) is 30.5 Å². The van der Waals surface area contributed by atoms with Crippen LogP contribution in [0.2, 0.25) is 0 Å². The van der Waals surface area contributed by atoms with Crippen molar-refractivity contribution in [2.24, 2.45) is 5.92 Å². The molecule has 47 heavy (non-hydrogen) atoms. The predicted octanol–water partition coefficient (Wildman–Crippen LogP) is 4.48. The molecule has 1 aromatic carbocycles. The molecule has 0 aliphatic carbocycles. The summed E-state index contributed by atoms with van der Waals surface area (Å²) in [5.41, 5.74) is 1.51. The number of rotatable bonds is 10. The van der Waals surface area contributed by atoms with Gasteiger partial charge in [0, 0.05) is 74.1 Å². The lowest BCUT2D eigenvalue weighted by Gasteiger charge is -2.44. The number of nitrogens with zero attached hydrogens (tertiary/aromatic N) is 7. The number of aryl methyl sites for hydroxylation is 3. The summed E-state index contributed by atoms with van der Waals surface area (Å²) < 4.78 is 51.8. The third-order valence-corrected chi connectivity index (χ3v) is 8.79. The van der Waals surface area contributed by atoms with Gasteiger partial charge in [0.2, 0.25) is 0 Å². The van der Waals surface area contributed by atoms with Crippen LogP contribution < -0.4 is 9.64 Å². The Labute approximate surface area is 269 Å². The van der Waals surface area contributed by atoms with Crippen LogP contribution in [0.3, 0.4) is 0 Å². The molecule has 1 atom stereocenters. The van der Waals surface area contributed by atoms with Crippen LogP contribution in [0.1, 0.15) is 45.6 Å². The molecule has 2 aliphatic heterocycles. The summed E-state index contributed by atoms with van der Waals surface area (Å²) in [5, 5.41) is 12.9. The number of fused-ring (bicyclic) bond motifs is 1. The maximum absolute atomic E-state index is 14.2. The fourth-order valence-corrected chi connectivity index (χ4v) is 6.21. The molecular formula is C33H36F3N7O4. The second-order valence-electron chi connectivity index (χ2n) is 12.3. The Morgan fingerprint density at radius 2 is 1.87 bits per heavy atom. The predicted molar refractivity (Wildman–Crippen MR) is 167 cm³/mol. The fourth-order valence-electron chi connectivity index (χ4n) is 6.21. The van der Waals surface area contributed by atoms with Crippen LogP contribution in [0.5, 0.6) is 5.75 Å². The number of hydrogen-bond donors (Lipinski definition) is 1. The average Bonchev–Trinajstić information content (AvgIpc) is 3.59. The van der Waals surface area contributed by atoms with Crippen molar-refractivity contribution in [3.63, 3.8) is 0 Å². The topological polar surface area (TPSA) is 119 Å². The van der Waals surface area contributed by atoms with Gasteiger partial charge >= 0.3 is 12.1 Å². The van der Waals surface area contributed by atoms with Crippen molar-refractivity contribution in [3.05, 3.63) is 76.8 Å². The SMILES string of the molecule is CCn1cc(-c2cc(Cn3ccnc3C)cc3c2OC[C@H](Cc2cc(C)cc(N4CC(N(C)CC(=O)O)C4)n2)C3=O)c(C(F)(F)F)n1. The Hall–Kier alpha value is -4.72. The van der Waals surface area contributed by atoms with Crippen LogP contribution in [-0.2, 0) is 30.5 Å². The van der Waals surface area contributed by atoms with Crippen molar-refractivity contribution in [3.8, 4) is 16.9 Å². The van der Waals surface area contributed by atoms with Gasteiger partial charge in [0.05, 0.1) is 24.6 Å². The van der Waals surface area contributed by atoms with Crippen LogP contribution in [-0.4, -0.2) is 85.4 Å². The number of likely N-dealkylation sites (N-methyl/N-ethyl adjacent to an activating group) is 1. The lowest BCUT2D eigenvalue weighted by molar-refractivity contribution is -0.141. The first-order chi connectivity index (χ1) is 22.3. The largest absolute Gasteiger partial charge is 0.491 e. The molecule has 248 valence electrons. The van der Waals surface area contributed by atoms with E-state index in [9.17, 15) is 22.8 Å². The van der Waals surface area contributed by atoms with Gasteiger partial charge in [-0.2, -0.15) is 18.3 Å². The van der Waals surface area contributed by atoms with E-state index >= 15 is 0 Å². The number of pyridine rings is 1. The number of alkyl halides is 3. The van der Waals surface area contributed by atoms with Crippen molar-refractivity contribution < 1.29 is 32.6 Å². The smallest absolute Gasteiger partial charge is 0.435 e. The zero-order valence-electron chi connectivity index (χ0n) is 26.6. The average molecular weight is 652 g/mol. The number of carboxylic acid groups (broad SMARTS) is 1. The molecule has 3 aromatic heterocycles. The van der Waals surface area contributed by atoms with Crippen molar-refractivity contribution in [1.29, 1.82) is 0 Å². The first-order valence-corrected chi connectivity index (χ1v) is 15.4. The van der Waals surface area contributed by atoms with Crippen LogP contribution in [0.15, 0.2) is 42.9 Å². The highest BCUT2D eigenvalue weighted by Crippen LogP contribution is 2.44. The zero-order chi connectivity index (χ0) is 33.6. The Morgan fingerprint density at radius 1 is 1.13 bits per heavy atom. The molecule has 0 radical (unpaired) electrons. The van der Waals surface area contributed by atoms with Gasteiger partial charge in [-0.15, -0.1) is 0 Å². The van der Waals surface area contributed by atoms with Gasteiger partial charge in [-0.3, -0.25) is 19.2 Å². The Balaban J connectivity index is 1.31. The van der Waals surface area contributed by atoms with E-state index in [0.29, 0.717) is 30.9 Å². The number of anilines is 1. The van der Waals surface area contributed by atoms with Crippen molar-refractivity contribution in [2.75, 3.05) is 38.2 Å². The number of carbonyl (C=O) groups is 2. The first kappa shape index (κ1) is 32.2. The van der Waals surface area contributed by atoms with E-state index < -0.39 is 23.8 Å². The highest BCUT2D eigenvalue weighted by molar-refractivity contribution is 6.04. The monoisotopic (exact) mass is 651 g/mol. The number of ketones is 1. The molecule has 0 amide bonds. The second-order valence-corrected chi connectivity index (χ2v) is 12.3. The molecule has 11 nitrogen and oxygen atoms in total. The lowest BCUT2D eigenvalue weighted by atomic mass is 9.87. The van der Waals surface area contributed by atoms with E-state index in [4.69, 9.17) is 14.8 Å². The van der Waals surface area contributed by atoms with E-state index in [0.717, 1.165) is 17.2 Å². The Morgan fingerprint density at radius 3 is 2.53 bits per heavy atom. The highest BCUT2D eigenvalue weighted by atomic mass is 19.4. The van der Waals surface area contributed by atoms with E-state index in [1.165, 1.54) is 10.9 Å². The molecule has 1 N–H and O–H groups in total. The maximum Gasteiger partial charge on any atom is 0.435 e. The molecule has 0 saturated carbocycles. The maximum atomic E-state index is 14.2. The van der Waals surface area contributed by atoms with Crippen LogP contribution >= 0.6 is 0 Å². The van der Waals surface area contributed by atoms with Gasteiger partial charge in [-0.05, 0) is 63.2 Å².